The zero-order chi connectivity index (χ0) is 21.6. The third kappa shape index (κ3) is 4.23. The van der Waals surface area contributed by atoms with Gasteiger partial charge in [-0.3, -0.25) is 10.4 Å². The summed E-state index contributed by atoms with van der Waals surface area (Å²) >= 11 is 0. The van der Waals surface area contributed by atoms with E-state index in [1.54, 1.807) is 0 Å². The van der Waals surface area contributed by atoms with E-state index in [-0.39, 0.29) is 25.1 Å². The first kappa shape index (κ1) is 21.5. The van der Waals surface area contributed by atoms with E-state index < -0.39 is 45.6 Å². The standard InChI is InChI=1S/C15H21F4N7O2S/c1-21-13-10(14(17,18)19)6-22-15(20,24-13)9-5-23-26(7-9)12-3-4-25(8-11(12)16)29(2,27)28/h5-7,11-12,22H,3-4,8,20H2,1-2H3,(H,21,24)/t11-,12-,15?/m1/s1. The largest absolute Gasteiger partial charge is 0.421 e. The van der Waals surface area contributed by atoms with Crippen LogP contribution in [0.1, 0.15) is 18.0 Å². The normalized spacial score (nSPS) is 29.1. The number of nitrogens with zero attached hydrogens (tertiary/aromatic N) is 4. The van der Waals surface area contributed by atoms with Gasteiger partial charge in [0, 0.05) is 32.5 Å². The van der Waals surface area contributed by atoms with E-state index >= 15 is 0 Å². The van der Waals surface area contributed by atoms with E-state index in [0.717, 1.165) is 16.8 Å². The highest BCUT2D eigenvalue weighted by Crippen LogP contribution is 2.32. The molecule has 3 rings (SSSR count). The molecule has 0 spiro atoms. The van der Waals surface area contributed by atoms with Crippen molar-refractivity contribution in [2.45, 2.75) is 30.6 Å². The fourth-order valence-corrected chi connectivity index (χ4v) is 4.10. The molecule has 0 aromatic carbocycles. The average molecular weight is 439 g/mol. The Morgan fingerprint density at radius 1 is 1.41 bits per heavy atom. The molecule has 2 aliphatic heterocycles. The Bertz CT molecular complexity index is 943. The Labute approximate surface area is 164 Å². The second-order valence-electron chi connectivity index (χ2n) is 6.88. The molecule has 3 atom stereocenters. The van der Waals surface area contributed by atoms with Crippen LogP contribution in [-0.4, -0.2) is 67.1 Å². The molecule has 0 amide bonds. The molecule has 1 fully saturated rings. The smallest absolute Gasteiger partial charge is 0.373 e. The van der Waals surface area contributed by atoms with Crippen molar-refractivity contribution in [3.8, 4) is 0 Å². The van der Waals surface area contributed by atoms with Crippen LogP contribution in [0.25, 0.3) is 0 Å². The number of nitrogens with two attached hydrogens (primary N) is 1. The Hall–Kier alpha value is -2.19. The number of halogens is 4. The number of amidine groups is 1. The van der Waals surface area contributed by atoms with E-state index in [9.17, 15) is 26.0 Å². The van der Waals surface area contributed by atoms with Crippen LogP contribution in [0, 0.1) is 0 Å². The molecule has 0 bridgehead atoms. The van der Waals surface area contributed by atoms with Crippen LogP contribution in [0.5, 0.6) is 0 Å². The van der Waals surface area contributed by atoms with Gasteiger partial charge in [-0.2, -0.15) is 22.6 Å². The highest BCUT2D eigenvalue weighted by atomic mass is 32.2. The summed E-state index contributed by atoms with van der Waals surface area (Å²) in [5, 5.41) is 8.87. The third-order valence-corrected chi connectivity index (χ3v) is 6.11. The van der Waals surface area contributed by atoms with Crippen LogP contribution in [0.3, 0.4) is 0 Å². The lowest BCUT2D eigenvalue weighted by Crippen LogP contribution is -2.52. The number of alkyl halides is 4. The van der Waals surface area contributed by atoms with Gasteiger partial charge in [-0.25, -0.2) is 17.8 Å². The van der Waals surface area contributed by atoms with Gasteiger partial charge in [-0.1, -0.05) is 0 Å². The first-order chi connectivity index (χ1) is 13.3. The van der Waals surface area contributed by atoms with Gasteiger partial charge >= 0.3 is 6.18 Å². The molecular weight excluding hydrogens is 418 g/mol. The summed E-state index contributed by atoms with van der Waals surface area (Å²) in [6, 6.07) is -0.733. The number of likely N-dealkylation sites (N-methyl/N-ethyl adjacent to an activating group) is 1. The Kier molecular flexibility index (Phi) is 5.38. The van der Waals surface area contributed by atoms with Crippen molar-refractivity contribution in [1.82, 2.24) is 24.7 Å². The summed E-state index contributed by atoms with van der Waals surface area (Å²) < 4.78 is 79.3. The van der Waals surface area contributed by atoms with Crippen molar-refractivity contribution in [2.24, 2.45) is 10.7 Å². The van der Waals surface area contributed by atoms with E-state index in [1.165, 1.54) is 24.1 Å². The van der Waals surface area contributed by atoms with Crippen molar-refractivity contribution in [2.75, 3.05) is 26.4 Å². The molecule has 0 aliphatic carbocycles. The maximum Gasteiger partial charge on any atom is 0.421 e. The van der Waals surface area contributed by atoms with Gasteiger partial charge in [0.2, 0.25) is 15.8 Å². The van der Waals surface area contributed by atoms with Crippen LogP contribution in [-0.2, 0) is 15.8 Å². The predicted molar refractivity (Wildman–Crippen MR) is 96.8 cm³/mol. The summed E-state index contributed by atoms with van der Waals surface area (Å²) in [5.41, 5.74) is 5.34. The lowest BCUT2D eigenvalue weighted by Gasteiger charge is -2.33. The van der Waals surface area contributed by atoms with Crippen LogP contribution in [0.2, 0.25) is 0 Å². The maximum absolute atomic E-state index is 14.6. The second-order valence-corrected chi connectivity index (χ2v) is 8.86. The van der Waals surface area contributed by atoms with Crippen LogP contribution >= 0.6 is 0 Å². The minimum atomic E-state index is -4.63. The molecule has 1 aromatic heterocycles. The molecule has 2 aliphatic rings. The lowest BCUT2D eigenvalue weighted by atomic mass is 10.1. The molecule has 1 unspecified atom stereocenters. The van der Waals surface area contributed by atoms with E-state index in [4.69, 9.17) is 5.73 Å². The van der Waals surface area contributed by atoms with Crippen molar-refractivity contribution in [1.29, 1.82) is 0 Å². The average Bonchev–Trinajstić information content (AvgIpc) is 3.10. The summed E-state index contributed by atoms with van der Waals surface area (Å²) in [7, 11) is -2.21. The van der Waals surface area contributed by atoms with Crippen LogP contribution in [0.4, 0.5) is 17.6 Å². The van der Waals surface area contributed by atoms with Gasteiger partial charge < -0.3 is 10.6 Å². The Balaban J connectivity index is 1.82. The van der Waals surface area contributed by atoms with Gasteiger partial charge in [-0.05, 0) is 6.42 Å². The first-order valence-corrected chi connectivity index (χ1v) is 10.5. The lowest BCUT2D eigenvalue weighted by molar-refractivity contribution is -0.0872. The van der Waals surface area contributed by atoms with Crippen molar-refractivity contribution in [3.05, 3.63) is 29.7 Å². The van der Waals surface area contributed by atoms with Gasteiger partial charge in [-0.15, -0.1) is 0 Å². The van der Waals surface area contributed by atoms with Gasteiger partial charge in [0.15, 0.2) is 0 Å². The number of sulfonamides is 1. The summed E-state index contributed by atoms with van der Waals surface area (Å²) in [4.78, 5) is 3.92. The number of aromatic nitrogens is 2. The molecule has 14 heteroatoms. The number of hydrogen-bond acceptors (Lipinski definition) is 7. The summed E-state index contributed by atoms with van der Waals surface area (Å²) in [6.45, 7) is -0.171. The minimum absolute atomic E-state index is 0.130. The number of rotatable bonds is 3. The van der Waals surface area contributed by atoms with Gasteiger partial charge in [0.05, 0.1) is 24.1 Å². The van der Waals surface area contributed by atoms with E-state index in [0.29, 0.717) is 0 Å². The molecule has 4 N–H and O–H groups in total. The monoisotopic (exact) mass is 439 g/mol. The fraction of sp³-hybridized carbons (Fsp3) is 0.600. The summed E-state index contributed by atoms with van der Waals surface area (Å²) in [5.74, 6) is -2.18. The van der Waals surface area contributed by atoms with Crippen LogP contribution < -0.4 is 16.4 Å². The van der Waals surface area contributed by atoms with Crippen molar-refractivity contribution >= 4 is 15.9 Å². The molecule has 9 nitrogen and oxygen atoms in total. The molecular formula is C15H21F4N7O2S. The third-order valence-electron chi connectivity index (χ3n) is 4.84. The molecule has 0 saturated carbocycles. The summed E-state index contributed by atoms with van der Waals surface area (Å²) in [6.07, 6.45) is -1.54. The zero-order valence-corrected chi connectivity index (χ0v) is 16.4. The van der Waals surface area contributed by atoms with Gasteiger partial charge in [0.1, 0.15) is 17.6 Å². The van der Waals surface area contributed by atoms with E-state index in [2.05, 4.69) is 20.7 Å². The first-order valence-electron chi connectivity index (χ1n) is 8.61. The Morgan fingerprint density at radius 3 is 2.66 bits per heavy atom. The molecule has 162 valence electrons. The van der Waals surface area contributed by atoms with Gasteiger partial charge in [0.25, 0.3) is 0 Å². The topological polar surface area (TPSA) is 118 Å². The highest BCUT2D eigenvalue weighted by molar-refractivity contribution is 7.88. The predicted octanol–water partition coefficient (Wildman–Crippen LogP) is 0.164. The molecule has 1 saturated heterocycles. The number of piperidine rings is 1. The second kappa shape index (κ2) is 7.25. The molecule has 3 heterocycles. The molecule has 29 heavy (non-hydrogen) atoms. The fourth-order valence-electron chi connectivity index (χ4n) is 3.25. The van der Waals surface area contributed by atoms with Crippen molar-refractivity contribution in [3.63, 3.8) is 0 Å². The maximum atomic E-state index is 14.6. The highest BCUT2D eigenvalue weighted by Gasteiger charge is 2.43. The van der Waals surface area contributed by atoms with Crippen LogP contribution in [0.15, 0.2) is 29.2 Å². The quantitative estimate of drug-likeness (QED) is 0.578. The molecule has 1 aromatic rings. The number of nitrogens with one attached hydrogen (secondary N) is 2. The minimum Gasteiger partial charge on any atom is -0.373 e. The molecule has 0 radical (unpaired) electrons. The zero-order valence-electron chi connectivity index (χ0n) is 15.6. The number of aliphatic imine (C=N–C) groups is 1. The number of hydrogen-bond donors (Lipinski definition) is 3. The van der Waals surface area contributed by atoms with Crippen molar-refractivity contribution < 1.29 is 26.0 Å². The van der Waals surface area contributed by atoms with E-state index in [1.807, 2.05) is 0 Å². The Morgan fingerprint density at radius 2 is 2.10 bits per heavy atom. The SMILES string of the molecule is CNC1=NC(N)(c2cnn([C@@H]3CCN(S(C)(=O)=O)C[C@H]3F)c2)NC=C1C(F)(F)F.